The van der Waals surface area contributed by atoms with Gasteiger partial charge in [-0.15, -0.1) is 0 Å². The number of hydrogen-bond donors (Lipinski definition) is 1. The van der Waals surface area contributed by atoms with Crippen LogP contribution in [0.2, 0.25) is 5.02 Å². The van der Waals surface area contributed by atoms with Crippen molar-refractivity contribution in [1.29, 1.82) is 0 Å². The largest absolute Gasteiger partial charge is 0.346 e. The molecule has 1 aromatic carbocycles. The fourth-order valence-electron chi connectivity index (χ4n) is 1.11. The van der Waals surface area contributed by atoms with Gasteiger partial charge < -0.3 is 5.32 Å². The second kappa shape index (κ2) is 4.82. The summed E-state index contributed by atoms with van der Waals surface area (Å²) in [6.45, 7) is 5.30. The van der Waals surface area contributed by atoms with Crippen molar-refractivity contribution in [3.8, 4) is 0 Å². The highest BCUT2D eigenvalue weighted by molar-refractivity contribution is 6.30. The Kier molecular flexibility index (Phi) is 3.72. The maximum atomic E-state index is 11.0. The first kappa shape index (κ1) is 10.8. The zero-order valence-electron chi connectivity index (χ0n) is 7.96. The van der Waals surface area contributed by atoms with Gasteiger partial charge in [0.15, 0.2) is 0 Å². The predicted octanol–water partition coefficient (Wildman–Crippen LogP) is 2.70. The van der Waals surface area contributed by atoms with E-state index in [1.165, 1.54) is 6.08 Å². The van der Waals surface area contributed by atoms with Crippen LogP contribution in [0.25, 0.3) is 0 Å². The van der Waals surface area contributed by atoms with E-state index in [1.807, 2.05) is 19.1 Å². The van der Waals surface area contributed by atoms with Gasteiger partial charge in [-0.2, -0.15) is 0 Å². The Balaban J connectivity index is 2.69. The summed E-state index contributed by atoms with van der Waals surface area (Å²) in [5.74, 6) is -0.174. The monoisotopic (exact) mass is 209 g/mol. The minimum Gasteiger partial charge on any atom is -0.346 e. The van der Waals surface area contributed by atoms with Gasteiger partial charge in [-0.05, 0) is 30.7 Å². The molecule has 14 heavy (non-hydrogen) atoms. The summed E-state index contributed by atoms with van der Waals surface area (Å²) in [5, 5.41) is 3.46. The Hall–Kier alpha value is -1.28. The SMILES string of the molecule is C=CC(=O)NC(C)c1ccc(Cl)cc1. The zero-order chi connectivity index (χ0) is 10.6. The van der Waals surface area contributed by atoms with Gasteiger partial charge in [-0.3, -0.25) is 4.79 Å². The molecular formula is C11H12ClNO. The van der Waals surface area contributed by atoms with Gasteiger partial charge in [-0.1, -0.05) is 30.3 Å². The van der Waals surface area contributed by atoms with Crippen molar-refractivity contribution in [2.45, 2.75) is 13.0 Å². The van der Waals surface area contributed by atoms with Gasteiger partial charge in [0.25, 0.3) is 0 Å². The molecule has 2 nitrogen and oxygen atoms in total. The van der Waals surface area contributed by atoms with Gasteiger partial charge in [0.2, 0.25) is 5.91 Å². The summed E-state index contributed by atoms with van der Waals surface area (Å²) in [6, 6.07) is 7.34. The molecule has 0 aliphatic rings. The summed E-state index contributed by atoms with van der Waals surface area (Å²) in [6.07, 6.45) is 1.26. The van der Waals surface area contributed by atoms with Crippen LogP contribution in [0.15, 0.2) is 36.9 Å². The number of nitrogens with one attached hydrogen (secondary N) is 1. The van der Waals surface area contributed by atoms with Crippen LogP contribution in [-0.2, 0) is 4.79 Å². The quantitative estimate of drug-likeness (QED) is 0.762. The molecule has 1 amide bonds. The molecule has 0 fully saturated rings. The van der Waals surface area contributed by atoms with Gasteiger partial charge in [0.1, 0.15) is 0 Å². The minimum atomic E-state index is -0.174. The molecule has 0 bridgehead atoms. The number of rotatable bonds is 3. The summed E-state index contributed by atoms with van der Waals surface area (Å²) in [7, 11) is 0. The van der Waals surface area contributed by atoms with E-state index < -0.39 is 0 Å². The van der Waals surface area contributed by atoms with Crippen molar-refractivity contribution in [2.24, 2.45) is 0 Å². The molecule has 1 atom stereocenters. The van der Waals surface area contributed by atoms with Crippen LogP contribution in [0.1, 0.15) is 18.5 Å². The van der Waals surface area contributed by atoms with Gasteiger partial charge in [-0.25, -0.2) is 0 Å². The number of carbonyl (C=O) groups excluding carboxylic acids is 1. The molecule has 1 rings (SSSR count). The zero-order valence-corrected chi connectivity index (χ0v) is 8.71. The molecule has 1 N–H and O–H groups in total. The third-order valence-electron chi connectivity index (χ3n) is 1.91. The molecule has 1 unspecified atom stereocenters. The Labute approximate surface area is 88.6 Å². The van der Waals surface area contributed by atoms with Crippen molar-refractivity contribution >= 4 is 17.5 Å². The van der Waals surface area contributed by atoms with E-state index in [-0.39, 0.29) is 11.9 Å². The highest BCUT2D eigenvalue weighted by Crippen LogP contribution is 2.15. The lowest BCUT2D eigenvalue weighted by Crippen LogP contribution is -2.24. The number of hydrogen-bond acceptors (Lipinski definition) is 1. The lowest BCUT2D eigenvalue weighted by atomic mass is 10.1. The molecule has 0 aliphatic heterocycles. The highest BCUT2D eigenvalue weighted by Gasteiger charge is 2.06. The summed E-state index contributed by atoms with van der Waals surface area (Å²) in [5.41, 5.74) is 1.02. The maximum Gasteiger partial charge on any atom is 0.243 e. The number of benzene rings is 1. The van der Waals surface area contributed by atoms with Crippen molar-refractivity contribution in [2.75, 3.05) is 0 Å². The molecule has 3 heteroatoms. The normalized spacial score (nSPS) is 11.9. The van der Waals surface area contributed by atoms with Crippen LogP contribution in [0.3, 0.4) is 0 Å². The fourth-order valence-corrected chi connectivity index (χ4v) is 1.23. The lowest BCUT2D eigenvalue weighted by molar-refractivity contribution is -0.117. The summed E-state index contributed by atoms with van der Waals surface area (Å²) in [4.78, 5) is 11.0. The average Bonchev–Trinajstić information content (AvgIpc) is 2.18. The second-order valence-corrected chi connectivity index (χ2v) is 3.42. The van der Waals surface area contributed by atoms with Crippen molar-refractivity contribution in [1.82, 2.24) is 5.32 Å². The molecule has 0 spiro atoms. The summed E-state index contributed by atoms with van der Waals surface area (Å²) >= 11 is 5.75. The van der Waals surface area contributed by atoms with E-state index in [4.69, 9.17) is 11.6 Å². The molecule has 0 heterocycles. The molecule has 1 aromatic rings. The molecule has 0 aliphatic carbocycles. The lowest BCUT2D eigenvalue weighted by Gasteiger charge is -2.12. The molecule has 0 radical (unpaired) electrons. The van der Waals surface area contributed by atoms with Crippen LogP contribution in [-0.4, -0.2) is 5.91 Å². The molecule has 0 saturated heterocycles. The molecule has 0 aromatic heterocycles. The van der Waals surface area contributed by atoms with Gasteiger partial charge >= 0.3 is 0 Å². The smallest absolute Gasteiger partial charge is 0.243 e. The average molecular weight is 210 g/mol. The Bertz CT molecular complexity index is 332. The minimum absolute atomic E-state index is 0.0298. The van der Waals surface area contributed by atoms with Crippen LogP contribution < -0.4 is 5.32 Å². The van der Waals surface area contributed by atoms with Crippen LogP contribution >= 0.6 is 11.6 Å². The van der Waals surface area contributed by atoms with E-state index in [2.05, 4.69) is 11.9 Å². The van der Waals surface area contributed by atoms with Crippen LogP contribution in [0.5, 0.6) is 0 Å². The van der Waals surface area contributed by atoms with Crippen LogP contribution in [0, 0.1) is 0 Å². The first-order valence-electron chi connectivity index (χ1n) is 4.32. The number of carbonyl (C=O) groups is 1. The first-order valence-corrected chi connectivity index (χ1v) is 4.69. The number of amides is 1. The Morgan fingerprint density at radius 2 is 2.07 bits per heavy atom. The van der Waals surface area contributed by atoms with Crippen LogP contribution in [0.4, 0.5) is 0 Å². The fraction of sp³-hybridized carbons (Fsp3) is 0.182. The maximum absolute atomic E-state index is 11.0. The van der Waals surface area contributed by atoms with E-state index in [1.54, 1.807) is 12.1 Å². The van der Waals surface area contributed by atoms with E-state index >= 15 is 0 Å². The third-order valence-corrected chi connectivity index (χ3v) is 2.17. The summed E-state index contributed by atoms with van der Waals surface area (Å²) < 4.78 is 0. The number of halogens is 1. The third kappa shape index (κ3) is 2.89. The molecular weight excluding hydrogens is 198 g/mol. The first-order chi connectivity index (χ1) is 6.63. The van der Waals surface area contributed by atoms with Crippen molar-refractivity contribution in [3.05, 3.63) is 47.5 Å². The topological polar surface area (TPSA) is 29.1 Å². The van der Waals surface area contributed by atoms with Gasteiger partial charge in [0, 0.05) is 5.02 Å². The Morgan fingerprint density at radius 3 is 2.57 bits per heavy atom. The Morgan fingerprint density at radius 1 is 1.50 bits per heavy atom. The second-order valence-electron chi connectivity index (χ2n) is 2.99. The van der Waals surface area contributed by atoms with E-state index in [9.17, 15) is 4.79 Å². The molecule has 74 valence electrons. The van der Waals surface area contributed by atoms with Gasteiger partial charge in [0.05, 0.1) is 6.04 Å². The highest BCUT2D eigenvalue weighted by atomic mass is 35.5. The van der Waals surface area contributed by atoms with E-state index in [0.29, 0.717) is 5.02 Å². The molecule has 0 saturated carbocycles. The predicted molar refractivity (Wildman–Crippen MR) is 58.2 cm³/mol. The van der Waals surface area contributed by atoms with Crippen molar-refractivity contribution < 1.29 is 4.79 Å². The van der Waals surface area contributed by atoms with Crippen molar-refractivity contribution in [3.63, 3.8) is 0 Å². The van der Waals surface area contributed by atoms with E-state index in [0.717, 1.165) is 5.56 Å². The standard InChI is InChI=1S/C11H12ClNO/c1-3-11(14)13-8(2)9-4-6-10(12)7-5-9/h3-8H,1H2,2H3,(H,13,14).